The Morgan fingerprint density at radius 2 is 2.04 bits per heavy atom. The SMILES string of the molecule is CC(/C=N/OCCN)=C\[C@@H]1C[C@H](O)[C@H]2C[C@@H](c3ccccc3)C[C@H](C)[C@@H]21. The van der Waals surface area contributed by atoms with Crippen LogP contribution in [0.5, 0.6) is 0 Å². The molecule has 0 aromatic heterocycles. The van der Waals surface area contributed by atoms with Crippen molar-refractivity contribution in [1.29, 1.82) is 0 Å². The molecule has 4 heteroatoms. The van der Waals surface area contributed by atoms with Crippen molar-refractivity contribution in [3.8, 4) is 0 Å². The van der Waals surface area contributed by atoms with Gasteiger partial charge in [-0.1, -0.05) is 48.5 Å². The molecule has 0 amide bonds. The van der Waals surface area contributed by atoms with E-state index in [1.807, 2.05) is 0 Å². The molecule has 6 atom stereocenters. The van der Waals surface area contributed by atoms with Gasteiger partial charge in [0.2, 0.25) is 0 Å². The van der Waals surface area contributed by atoms with Crippen LogP contribution in [0.15, 0.2) is 47.1 Å². The van der Waals surface area contributed by atoms with E-state index in [2.05, 4.69) is 55.4 Å². The summed E-state index contributed by atoms with van der Waals surface area (Å²) in [5.41, 5.74) is 7.91. The highest BCUT2D eigenvalue weighted by atomic mass is 16.6. The first kappa shape index (κ1) is 19.1. The van der Waals surface area contributed by atoms with Gasteiger partial charge in [-0.25, -0.2) is 0 Å². The number of nitrogens with two attached hydrogens (primary N) is 1. The van der Waals surface area contributed by atoms with Crippen molar-refractivity contribution >= 4 is 6.21 Å². The van der Waals surface area contributed by atoms with Gasteiger partial charge in [0.15, 0.2) is 0 Å². The smallest absolute Gasteiger partial charge is 0.129 e. The first-order valence-electron chi connectivity index (χ1n) is 9.87. The van der Waals surface area contributed by atoms with E-state index < -0.39 is 0 Å². The van der Waals surface area contributed by atoms with Crippen LogP contribution >= 0.6 is 0 Å². The number of nitrogens with zero attached hydrogens (tertiary/aromatic N) is 1. The van der Waals surface area contributed by atoms with Crippen LogP contribution in [-0.2, 0) is 4.84 Å². The van der Waals surface area contributed by atoms with Crippen molar-refractivity contribution in [2.24, 2.45) is 34.6 Å². The van der Waals surface area contributed by atoms with Crippen LogP contribution in [0.25, 0.3) is 0 Å². The maximum absolute atomic E-state index is 10.7. The predicted octanol–water partition coefficient (Wildman–Crippen LogP) is 3.72. The maximum Gasteiger partial charge on any atom is 0.129 e. The molecule has 3 N–H and O–H groups in total. The molecule has 3 rings (SSSR count). The summed E-state index contributed by atoms with van der Waals surface area (Å²) in [7, 11) is 0. The van der Waals surface area contributed by atoms with Gasteiger partial charge in [-0.2, -0.15) is 0 Å². The Hall–Kier alpha value is -1.65. The van der Waals surface area contributed by atoms with Crippen LogP contribution < -0.4 is 5.73 Å². The number of fused-ring (bicyclic) bond motifs is 1. The zero-order valence-corrected chi connectivity index (χ0v) is 15.9. The van der Waals surface area contributed by atoms with Gasteiger partial charge in [-0.05, 0) is 66.9 Å². The van der Waals surface area contributed by atoms with Crippen LogP contribution in [0.3, 0.4) is 0 Å². The summed E-state index contributed by atoms with van der Waals surface area (Å²) in [5, 5.41) is 14.7. The second-order valence-corrected chi connectivity index (χ2v) is 8.03. The molecular weight excluding hydrogens is 324 g/mol. The molecule has 2 aliphatic carbocycles. The lowest BCUT2D eigenvalue weighted by molar-refractivity contribution is 0.0654. The lowest BCUT2D eigenvalue weighted by Gasteiger charge is -2.40. The molecule has 0 unspecified atom stereocenters. The van der Waals surface area contributed by atoms with E-state index in [4.69, 9.17) is 10.6 Å². The van der Waals surface area contributed by atoms with Crippen molar-refractivity contribution in [2.45, 2.75) is 45.1 Å². The standard InChI is InChI=1S/C22H32N2O2/c1-15(14-24-26-9-8-23)10-19-13-21(25)20-12-18(11-16(2)22(19)20)17-6-4-3-5-7-17/h3-7,10,14,16,18-22,25H,8-9,11-13,23H2,1-2H3/b15-10+,24-14+/t16-,18-,19+,20+,21-,22+/m0/s1. The molecule has 4 nitrogen and oxygen atoms in total. The van der Waals surface area contributed by atoms with E-state index in [0.29, 0.717) is 42.7 Å². The fourth-order valence-electron chi connectivity index (χ4n) is 5.16. The topological polar surface area (TPSA) is 67.8 Å². The van der Waals surface area contributed by atoms with Crippen LogP contribution in [0.2, 0.25) is 0 Å². The summed E-state index contributed by atoms with van der Waals surface area (Å²) in [6.07, 6.45) is 6.99. The van der Waals surface area contributed by atoms with E-state index in [1.165, 1.54) is 12.0 Å². The zero-order chi connectivity index (χ0) is 18.5. The normalized spacial score (nSPS) is 34.8. The number of hydrogen-bond donors (Lipinski definition) is 2. The highest BCUT2D eigenvalue weighted by Gasteiger charge is 2.48. The number of oxime groups is 1. The second kappa shape index (κ2) is 8.83. The van der Waals surface area contributed by atoms with Gasteiger partial charge in [0.25, 0.3) is 0 Å². The van der Waals surface area contributed by atoms with E-state index in [1.54, 1.807) is 6.21 Å². The van der Waals surface area contributed by atoms with Crippen molar-refractivity contribution in [2.75, 3.05) is 13.2 Å². The lowest BCUT2D eigenvalue weighted by atomic mass is 9.65. The quantitative estimate of drug-likeness (QED) is 0.464. The number of allylic oxidation sites excluding steroid dienone is 2. The molecule has 0 radical (unpaired) electrons. The van der Waals surface area contributed by atoms with Crippen molar-refractivity contribution in [3.63, 3.8) is 0 Å². The zero-order valence-electron chi connectivity index (χ0n) is 15.9. The van der Waals surface area contributed by atoms with Gasteiger partial charge < -0.3 is 15.7 Å². The lowest BCUT2D eigenvalue weighted by Crippen LogP contribution is -2.33. The molecule has 0 bridgehead atoms. The van der Waals surface area contributed by atoms with Gasteiger partial charge in [-0.15, -0.1) is 0 Å². The molecule has 26 heavy (non-hydrogen) atoms. The largest absolute Gasteiger partial charge is 0.394 e. The number of hydrogen-bond acceptors (Lipinski definition) is 4. The maximum atomic E-state index is 10.7. The molecule has 1 aromatic carbocycles. The first-order chi connectivity index (χ1) is 12.6. The van der Waals surface area contributed by atoms with Crippen molar-refractivity contribution in [3.05, 3.63) is 47.5 Å². The van der Waals surface area contributed by atoms with E-state index in [9.17, 15) is 5.11 Å². The number of aliphatic hydroxyl groups is 1. The van der Waals surface area contributed by atoms with E-state index in [0.717, 1.165) is 18.4 Å². The Balaban J connectivity index is 1.69. The predicted molar refractivity (Wildman–Crippen MR) is 106 cm³/mol. The Kier molecular flexibility index (Phi) is 6.49. The molecule has 0 aliphatic heterocycles. The average Bonchev–Trinajstić information content (AvgIpc) is 2.95. The Bertz CT molecular complexity index is 628. The van der Waals surface area contributed by atoms with Crippen LogP contribution in [0.4, 0.5) is 0 Å². The summed E-state index contributed by atoms with van der Waals surface area (Å²) in [6, 6.07) is 10.8. The van der Waals surface area contributed by atoms with Gasteiger partial charge in [0, 0.05) is 6.54 Å². The number of benzene rings is 1. The van der Waals surface area contributed by atoms with Gasteiger partial charge in [-0.3, -0.25) is 0 Å². The van der Waals surface area contributed by atoms with Crippen LogP contribution in [0.1, 0.15) is 44.6 Å². The second-order valence-electron chi connectivity index (χ2n) is 8.03. The van der Waals surface area contributed by atoms with Crippen LogP contribution in [0, 0.1) is 23.7 Å². The number of aliphatic hydroxyl groups excluding tert-OH is 1. The molecule has 0 heterocycles. The highest BCUT2D eigenvalue weighted by molar-refractivity contribution is 5.77. The minimum atomic E-state index is -0.201. The molecule has 1 aromatic rings. The Morgan fingerprint density at radius 3 is 2.77 bits per heavy atom. The molecule has 2 fully saturated rings. The molecule has 0 spiro atoms. The molecule has 2 aliphatic rings. The fourth-order valence-corrected chi connectivity index (χ4v) is 5.16. The molecule has 2 saturated carbocycles. The third kappa shape index (κ3) is 4.36. The van der Waals surface area contributed by atoms with Crippen molar-refractivity contribution in [1.82, 2.24) is 0 Å². The molecular formula is C22H32N2O2. The van der Waals surface area contributed by atoms with Crippen LogP contribution in [-0.4, -0.2) is 30.6 Å². The summed E-state index contributed by atoms with van der Waals surface area (Å²) in [4.78, 5) is 5.08. The third-order valence-electron chi connectivity index (χ3n) is 6.15. The highest BCUT2D eigenvalue weighted by Crippen LogP contribution is 2.53. The average molecular weight is 357 g/mol. The fraction of sp³-hybridized carbons (Fsp3) is 0.591. The van der Waals surface area contributed by atoms with Gasteiger partial charge >= 0.3 is 0 Å². The van der Waals surface area contributed by atoms with E-state index in [-0.39, 0.29) is 6.10 Å². The van der Waals surface area contributed by atoms with Gasteiger partial charge in [0.1, 0.15) is 6.61 Å². The number of rotatable bonds is 6. The summed E-state index contributed by atoms with van der Waals surface area (Å²) >= 11 is 0. The third-order valence-corrected chi connectivity index (χ3v) is 6.15. The molecule has 0 saturated heterocycles. The van der Waals surface area contributed by atoms with Gasteiger partial charge in [0.05, 0.1) is 12.3 Å². The Labute approximate surface area is 157 Å². The minimum Gasteiger partial charge on any atom is -0.394 e. The molecule has 142 valence electrons. The summed E-state index contributed by atoms with van der Waals surface area (Å²) in [5.74, 6) is 2.54. The summed E-state index contributed by atoms with van der Waals surface area (Å²) < 4.78 is 0. The summed E-state index contributed by atoms with van der Waals surface area (Å²) in [6.45, 7) is 5.32. The minimum absolute atomic E-state index is 0.201. The Morgan fingerprint density at radius 1 is 1.27 bits per heavy atom. The van der Waals surface area contributed by atoms with Crippen molar-refractivity contribution < 1.29 is 9.94 Å². The monoisotopic (exact) mass is 356 g/mol. The first-order valence-corrected chi connectivity index (χ1v) is 9.87. The van der Waals surface area contributed by atoms with E-state index >= 15 is 0 Å².